The molecule has 1 aromatic rings. The fraction of sp³-hybridized carbons (Fsp3) is 0.538. The summed E-state index contributed by atoms with van der Waals surface area (Å²) < 4.78 is 37.2. The summed E-state index contributed by atoms with van der Waals surface area (Å²) in [7, 11) is -4.31. The maximum absolute atomic E-state index is 11.0. The first-order valence-electron chi connectivity index (χ1n) is 6.45. The molecule has 0 bridgehead atoms. The molecule has 0 aromatic heterocycles. The topological polar surface area (TPSA) is 87.1 Å². The van der Waals surface area contributed by atoms with Gasteiger partial charge in [0.05, 0.1) is 0 Å². The molecule has 120 valence electrons. The lowest BCUT2D eigenvalue weighted by atomic mass is 10.1. The molecule has 1 rings (SSSR count). The molecule has 0 saturated heterocycles. The van der Waals surface area contributed by atoms with E-state index in [1.807, 2.05) is 13.8 Å². The number of likely N-dealkylation sites (N-methyl/N-ethyl adjacent to an activating group) is 1. The van der Waals surface area contributed by atoms with Crippen molar-refractivity contribution >= 4 is 21.9 Å². The van der Waals surface area contributed by atoms with E-state index in [9.17, 15) is 13.5 Å². The SMILES string of the molecule is CCN(CC(O)COc1cc(C)c(Cl)c(C)c1)S(=O)(=O)O. The molecule has 0 spiro atoms. The number of nitrogens with zero attached hydrogens (tertiary/aromatic N) is 1. The molecule has 0 aliphatic rings. The number of rotatable bonds is 7. The van der Waals surface area contributed by atoms with E-state index in [-0.39, 0.29) is 19.7 Å². The van der Waals surface area contributed by atoms with Crippen molar-refractivity contribution in [3.63, 3.8) is 0 Å². The van der Waals surface area contributed by atoms with Crippen LogP contribution in [0.4, 0.5) is 0 Å². The van der Waals surface area contributed by atoms with E-state index in [1.165, 1.54) is 0 Å². The molecule has 1 unspecified atom stereocenters. The smallest absolute Gasteiger partial charge is 0.335 e. The number of ether oxygens (including phenoxy) is 1. The Hall–Kier alpha value is -0.860. The summed E-state index contributed by atoms with van der Waals surface area (Å²) in [5, 5.41) is 10.5. The quantitative estimate of drug-likeness (QED) is 0.741. The van der Waals surface area contributed by atoms with E-state index in [0.29, 0.717) is 10.8 Å². The number of hydrogen-bond donors (Lipinski definition) is 2. The number of hydrogen-bond acceptors (Lipinski definition) is 4. The van der Waals surface area contributed by atoms with Crippen LogP contribution in [0.3, 0.4) is 0 Å². The van der Waals surface area contributed by atoms with Gasteiger partial charge < -0.3 is 9.84 Å². The highest BCUT2D eigenvalue weighted by atomic mass is 35.5. The number of benzene rings is 1. The van der Waals surface area contributed by atoms with Gasteiger partial charge in [-0.25, -0.2) is 0 Å². The molecule has 0 amide bonds. The second kappa shape index (κ2) is 7.42. The third-order valence-electron chi connectivity index (χ3n) is 2.95. The highest BCUT2D eigenvalue weighted by Gasteiger charge is 2.20. The third-order valence-corrected chi connectivity index (χ3v) is 4.60. The van der Waals surface area contributed by atoms with Gasteiger partial charge in [0.1, 0.15) is 18.5 Å². The molecule has 0 fully saturated rings. The van der Waals surface area contributed by atoms with E-state index in [4.69, 9.17) is 20.9 Å². The molecule has 8 heteroatoms. The second-order valence-corrected chi connectivity index (χ2v) is 6.55. The van der Waals surface area contributed by atoms with Gasteiger partial charge in [-0.3, -0.25) is 4.55 Å². The minimum Gasteiger partial charge on any atom is -0.491 e. The number of aliphatic hydroxyl groups is 1. The summed E-state index contributed by atoms with van der Waals surface area (Å²) in [6.45, 7) is 4.99. The predicted octanol–water partition coefficient (Wildman–Crippen LogP) is 1.82. The minimum absolute atomic E-state index is 0.0645. The first-order valence-corrected chi connectivity index (χ1v) is 8.22. The van der Waals surface area contributed by atoms with Crippen molar-refractivity contribution in [2.75, 3.05) is 19.7 Å². The average Bonchev–Trinajstić information content (AvgIpc) is 2.38. The van der Waals surface area contributed by atoms with Gasteiger partial charge in [0, 0.05) is 18.1 Å². The molecule has 0 radical (unpaired) electrons. The number of halogens is 1. The Balaban J connectivity index is 2.63. The van der Waals surface area contributed by atoms with Gasteiger partial charge in [-0.1, -0.05) is 18.5 Å². The molecule has 21 heavy (non-hydrogen) atoms. The molecule has 1 aromatic carbocycles. The van der Waals surface area contributed by atoms with E-state index < -0.39 is 16.4 Å². The zero-order valence-electron chi connectivity index (χ0n) is 12.2. The lowest BCUT2D eigenvalue weighted by molar-refractivity contribution is 0.0881. The summed E-state index contributed by atoms with van der Waals surface area (Å²) in [5.41, 5.74) is 1.71. The van der Waals surface area contributed by atoms with E-state index in [1.54, 1.807) is 19.1 Å². The van der Waals surface area contributed by atoms with E-state index in [2.05, 4.69) is 0 Å². The molecule has 6 nitrogen and oxygen atoms in total. The Morgan fingerprint density at radius 3 is 2.29 bits per heavy atom. The van der Waals surface area contributed by atoms with Crippen molar-refractivity contribution in [2.45, 2.75) is 26.9 Å². The Kier molecular flexibility index (Phi) is 6.42. The van der Waals surface area contributed by atoms with Crippen LogP contribution in [0.25, 0.3) is 0 Å². The van der Waals surface area contributed by atoms with Crippen LogP contribution in [0.5, 0.6) is 5.75 Å². The molecule has 1 atom stereocenters. The van der Waals surface area contributed by atoms with Crippen LogP contribution in [0.2, 0.25) is 5.02 Å². The number of aliphatic hydroxyl groups excluding tert-OH is 1. The first-order chi connectivity index (χ1) is 9.65. The summed E-state index contributed by atoms with van der Waals surface area (Å²) in [6.07, 6.45) is -1.05. The van der Waals surface area contributed by atoms with Gasteiger partial charge in [0.25, 0.3) is 0 Å². The summed E-state index contributed by atoms with van der Waals surface area (Å²) in [5.74, 6) is 0.545. The standard InChI is InChI=1S/C13H20ClNO5S/c1-4-15(21(17,18)19)7-11(16)8-20-12-5-9(2)13(14)10(3)6-12/h5-6,11,16H,4,7-8H2,1-3H3,(H,17,18,19). The van der Waals surface area contributed by atoms with Crippen molar-refractivity contribution in [2.24, 2.45) is 0 Å². The van der Waals surface area contributed by atoms with Crippen LogP contribution in [-0.4, -0.2) is 48.2 Å². The van der Waals surface area contributed by atoms with Crippen molar-refractivity contribution in [3.8, 4) is 5.75 Å². The van der Waals surface area contributed by atoms with Gasteiger partial charge in [-0.15, -0.1) is 0 Å². The Morgan fingerprint density at radius 1 is 1.33 bits per heavy atom. The highest BCUT2D eigenvalue weighted by Crippen LogP contribution is 2.25. The number of aryl methyl sites for hydroxylation is 2. The van der Waals surface area contributed by atoms with Crippen LogP contribution in [-0.2, 0) is 10.3 Å². The van der Waals surface area contributed by atoms with Crippen LogP contribution in [0.1, 0.15) is 18.1 Å². The Labute approximate surface area is 130 Å². The van der Waals surface area contributed by atoms with Crippen molar-refractivity contribution in [3.05, 3.63) is 28.3 Å². The first kappa shape index (κ1) is 18.2. The molecule has 0 saturated carbocycles. The van der Waals surface area contributed by atoms with Gasteiger partial charge in [-0.2, -0.15) is 12.7 Å². The van der Waals surface area contributed by atoms with E-state index >= 15 is 0 Å². The Bertz CT molecular complexity index is 567. The van der Waals surface area contributed by atoms with E-state index in [0.717, 1.165) is 15.4 Å². The van der Waals surface area contributed by atoms with Crippen molar-refractivity contribution in [1.29, 1.82) is 0 Å². The van der Waals surface area contributed by atoms with Crippen molar-refractivity contribution in [1.82, 2.24) is 4.31 Å². The van der Waals surface area contributed by atoms with Gasteiger partial charge >= 0.3 is 10.3 Å². The second-order valence-electron chi connectivity index (χ2n) is 4.76. The minimum atomic E-state index is -4.31. The molecule has 2 N–H and O–H groups in total. The summed E-state index contributed by atoms with van der Waals surface area (Å²) in [6, 6.07) is 3.48. The maximum Gasteiger partial charge on any atom is 0.335 e. The largest absolute Gasteiger partial charge is 0.491 e. The monoisotopic (exact) mass is 337 g/mol. The van der Waals surface area contributed by atoms with Crippen LogP contribution < -0.4 is 4.74 Å². The van der Waals surface area contributed by atoms with Crippen LogP contribution in [0, 0.1) is 13.8 Å². The molecule has 0 aliphatic heterocycles. The molecule has 0 heterocycles. The predicted molar refractivity (Wildman–Crippen MR) is 81.2 cm³/mol. The summed E-state index contributed by atoms with van der Waals surface area (Å²) >= 11 is 6.04. The van der Waals surface area contributed by atoms with Gasteiger partial charge in [0.15, 0.2) is 0 Å². The molecular weight excluding hydrogens is 318 g/mol. The third kappa shape index (κ3) is 5.44. The maximum atomic E-state index is 11.0. The Morgan fingerprint density at radius 2 is 1.86 bits per heavy atom. The zero-order valence-corrected chi connectivity index (χ0v) is 13.8. The normalized spacial score (nSPS) is 13.5. The molecular formula is C13H20ClNO5S. The lowest BCUT2D eigenvalue weighted by Gasteiger charge is -2.20. The molecule has 0 aliphatic carbocycles. The average molecular weight is 338 g/mol. The van der Waals surface area contributed by atoms with Crippen LogP contribution >= 0.6 is 11.6 Å². The fourth-order valence-electron chi connectivity index (χ4n) is 1.86. The fourth-order valence-corrected chi connectivity index (χ4v) is 2.65. The van der Waals surface area contributed by atoms with Gasteiger partial charge in [0.2, 0.25) is 0 Å². The highest BCUT2D eigenvalue weighted by molar-refractivity contribution is 7.83. The summed E-state index contributed by atoms with van der Waals surface area (Å²) in [4.78, 5) is 0. The van der Waals surface area contributed by atoms with Crippen LogP contribution in [0.15, 0.2) is 12.1 Å². The zero-order chi connectivity index (χ0) is 16.2. The lowest BCUT2D eigenvalue weighted by Crippen LogP contribution is -2.39. The van der Waals surface area contributed by atoms with Gasteiger partial charge in [-0.05, 0) is 37.1 Å². The van der Waals surface area contributed by atoms with Crippen molar-refractivity contribution < 1.29 is 22.8 Å².